The topological polar surface area (TPSA) is 204 Å². The minimum atomic E-state index is -4.42. The molecule has 1 aliphatic carbocycles. The summed E-state index contributed by atoms with van der Waals surface area (Å²) in [5.41, 5.74) is 4.47. The van der Waals surface area contributed by atoms with Gasteiger partial charge in [-0.15, -0.1) is 0 Å². The fourth-order valence-electron chi connectivity index (χ4n) is 5.30. The maximum atomic E-state index is 14.2. The minimum absolute atomic E-state index is 0.169. The number of benzene rings is 1. The summed E-state index contributed by atoms with van der Waals surface area (Å²) in [7, 11) is -4.42. The minimum Gasteiger partial charge on any atom is -0.461 e. The van der Waals surface area contributed by atoms with Gasteiger partial charge in [0, 0.05) is 0 Å². The molecule has 15 heteroatoms. The van der Waals surface area contributed by atoms with Crippen molar-refractivity contribution in [1.82, 2.24) is 19.7 Å². The Morgan fingerprint density at radius 2 is 2.00 bits per heavy atom. The Morgan fingerprint density at radius 3 is 2.70 bits per heavy atom. The number of nitrogens with one attached hydrogen (secondary N) is 1. The van der Waals surface area contributed by atoms with E-state index >= 15 is 0 Å². The SMILES string of the molecule is CC[C@H](NP(=O)(OC[C@@]1(C#N)O[C@@H](c2ccc3c(N)ncnn23)[C@H](O)[C@@H]1O)Oc1ccccc1)C(=O)OC1CCCCC1. The number of nitriles is 1. The van der Waals surface area contributed by atoms with Crippen molar-refractivity contribution in [3.05, 3.63) is 54.5 Å². The zero-order chi connectivity index (χ0) is 30.6. The Bertz CT molecular complexity index is 1510. The Kier molecular flexibility index (Phi) is 9.31. The Morgan fingerprint density at radius 1 is 1.26 bits per heavy atom. The second kappa shape index (κ2) is 13.0. The first-order valence-electron chi connectivity index (χ1n) is 14.2. The predicted octanol–water partition coefficient (Wildman–Crippen LogP) is 2.81. The molecule has 0 radical (unpaired) electrons. The lowest BCUT2D eigenvalue weighted by atomic mass is 9.96. The van der Waals surface area contributed by atoms with E-state index in [1.807, 2.05) is 6.07 Å². The number of aliphatic hydroxyl groups excluding tert-OH is 2. The van der Waals surface area contributed by atoms with Crippen LogP contribution in [-0.2, 0) is 23.4 Å². The van der Waals surface area contributed by atoms with E-state index in [4.69, 9.17) is 24.3 Å². The molecule has 14 nitrogen and oxygen atoms in total. The highest BCUT2D eigenvalue weighted by atomic mass is 31.2. The standard InChI is InChI=1S/C28H35N6O8P/c1-2-20(27(37)40-18-9-5-3-6-10-18)33-43(38,42-19-11-7-4-8-12-19)39-16-28(15-29)25(36)23(35)24(41-28)21-13-14-22-26(30)31-17-32-34(21)22/h4,7-8,11-14,17-18,20,23-25,35-36H,2-3,5-6,9-10,16H2,1H3,(H,33,38)(H2,30,31,32)/t20-,23-,24-,25-,28+,43?/m0/s1. The molecule has 3 aromatic rings. The number of hydrogen-bond donors (Lipinski definition) is 4. The van der Waals surface area contributed by atoms with Crippen molar-refractivity contribution in [2.24, 2.45) is 0 Å². The summed E-state index contributed by atoms with van der Waals surface area (Å²) in [5.74, 6) is -0.247. The zero-order valence-electron chi connectivity index (χ0n) is 23.6. The summed E-state index contributed by atoms with van der Waals surface area (Å²) in [6.45, 7) is 0.927. The number of para-hydroxylation sites is 1. The molecular weight excluding hydrogens is 579 g/mol. The number of nitrogens with two attached hydrogens (primary N) is 1. The molecular formula is C28H35N6O8P. The van der Waals surface area contributed by atoms with Gasteiger partial charge in [0.1, 0.15) is 60.7 Å². The number of esters is 1. The molecule has 5 rings (SSSR count). The highest BCUT2D eigenvalue weighted by Gasteiger charge is 2.57. The zero-order valence-corrected chi connectivity index (χ0v) is 24.5. The quantitative estimate of drug-likeness (QED) is 0.181. The van der Waals surface area contributed by atoms with Gasteiger partial charge in [0.2, 0.25) is 5.60 Å². The van der Waals surface area contributed by atoms with Gasteiger partial charge in [-0.3, -0.25) is 9.32 Å². The van der Waals surface area contributed by atoms with Gasteiger partial charge in [-0.1, -0.05) is 31.5 Å². The summed E-state index contributed by atoms with van der Waals surface area (Å²) < 4.78 is 38.6. The second-order valence-corrected chi connectivity index (χ2v) is 12.3. The van der Waals surface area contributed by atoms with Gasteiger partial charge in [-0.05, 0) is 56.4 Å². The first-order chi connectivity index (χ1) is 20.7. The first-order valence-corrected chi connectivity index (χ1v) is 15.7. The number of aliphatic hydroxyl groups is 2. The van der Waals surface area contributed by atoms with Crippen LogP contribution in [0.1, 0.15) is 57.2 Å². The van der Waals surface area contributed by atoms with Crippen LogP contribution in [-0.4, -0.2) is 67.3 Å². The number of nitrogens with zero attached hydrogens (tertiary/aromatic N) is 4. The molecule has 2 fully saturated rings. The van der Waals surface area contributed by atoms with Crippen molar-refractivity contribution in [3.8, 4) is 11.8 Å². The molecule has 5 N–H and O–H groups in total. The van der Waals surface area contributed by atoms with Crippen LogP contribution in [0, 0.1) is 11.3 Å². The maximum absolute atomic E-state index is 14.2. The first kappa shape index (κ1) is 30.9. The molecule has 6 atom stereocenters. The highest BCUT2D eigenvalue weighted by molar-refractivity contribution is 7.52. The van der Waals surface area contributed by atoms with E-state index in [0.29, 0.717) is 11.2 Å². The fraction of sp³-hybridized carbons (Fsp3) is 0.500. The van der Waals surface area contributed by atoms with E-state index in [-0.39, 0.29) is 24.1 Å². The van der Waals surface area contributed by atoms with E-state index in [0.717, 1.165) is 32.1 Å². The van der Waals surface area contributed by atoms with Crippen LogP contribution in [0.3, 0.4) is 0 Å². The maximum Gasteiger partial charge on any atom is 0.459 e. The number of aromatic nitrogens is 3. The van der Waals surface area contributed by atoms with Crippen LogP contribution in [0.2, 0.25) is 0 Å². The van der Waals surface area contributed by atoms with Gasteiger partial charge >= 0.3 is 13.7 Å². The molecule has 2 aliphatic rings. The van der Waals surface area contributed by atoms with Crippen molar-refractivity contribution in [3.63, 3.8) is 0 Å². The predicted molar refractivity (Wildman–Crippen MR) is 152 cm³/mol. The smallest absolute Gasteiger partial charge is 0.459 e. The van der Waals surface area contributed by atoms with Crippen LogP contribution in [0.15, 0.2) is 48.8 Å². The summed E-state index contributed by atoms with van der Waals surface area (Å²) in [5, 5.41) is 38.9. The van der Waals surface area contributed by atoms with Crippen LogP contribution in [0.5, 0.6) is 5.75 Å². The van der Waals surface area contributed by atoms with Crippen molar-refractivity contribution in [2.45, 2.75) is 81.5 Å². The number of anilines is 1. The number of fused-ring (bicyclic) bond motifs is 1. The van der Waals surface area contributed by atoms with Gasteiger partial charge in [0.15, 0.2) is 5.82 Å². The molecule has 0 spiro atoms. The number of ether oxygens (including phenoxy) is 2. The molecule has 43 heavy (non-hydrogen) atoms. The average molecular weight is 615 g/mol. The molecule has 230 valence electrons. The summed E-state index contributed by atoms with van der Waals surface area (Å²) in [6, 6.07) is 12.1. The van der Waals surface area contributed by atoms with Crippen LogP contribution >= 0.6 is 7.75 Å². The Labute approximate surface area is 248 Å². The lowest BCUT2D eigenvalue weighted by Gasteiger charge is -2.29. The molecule has 1 saturated heterocycles. The van der Waals surface area contributed by atoms with Crippen LogP contribution in [0.4, 0.5) is 5.82 Å². The van der Waals surface area contributed by atoms with Crippen molar-refractivity contribution < 1.29 is 38.1 Å². The van der Waals surface area contributed by atoms with Gasteiger partial charge in [-0.25, -0.2) is 14.1 Å². The summed E-state index contributed by atoms with van der Waals surface area (Å²) >= 11 is 0. The summed E-state index contributed by atoms with van der Waals surface area (Å²) in [4.78, 5) is 17.0. The van der Waals surface area contributed by atoms with Crippen LogP contribution < -0.4 is 15.3 Å². The lowest BCUT2D eigenvalue weighted by molar-refractivity contribution is -0.152. The number of rotatable bonds is 11. The molecule has 3 heterocycles. The van der Waals surface area contributed by atoms with Crippen molar-refractivity contribution in [1.29, 1.82) is 5.26 Å². The fourth-order valence-corrected chi connectivity index (χ4v) is 6.91. The largest absolute Gasteiger partial charge is 0.461 e. The number of carbonyl (C=O) groups excluding carboxylic acids is 1. The van der Waals surface area contributed by atoms with Gasteiger partial charge in [0.25, 0.3) is 0 Å². The lowest BCUT2D eigenvalue weighted by Crippen LogP contribution is -2.46. The van der Waals surface area contributed by atoms with Crippen molar-refractivity contribution in [2.75, 3.05) is 12.3 Å². The van der Waals surface area contributed by atoms with E-state index in [2.05, 4.69) is 15.2 Å². The van der Waals surface area contributed by atoms with Gasteiger partial charge in [-0.2, -0.15) is 15.4 Å². The third kappa shape index (κ3) is 6.52. The normalized spacial score (nSPS) is 26.4. The number of hydrogen-bond acceptors (Lipinski definition) is 12. The molecule has 1 aromatic carbocycles. The van der Waals surface area contributed by atoms with E-state index in [1.165, 1.54) is 10.8 Å². The number of carbonyl (C=O) groups is 1. The number of nitrogen functional groups attached to an aromatic ring is 1. The van der Waals surface area contributed by atoms with Gasteiger partial charge < -0.3 is 29.9 Å². The highest BCUT2D eigenvalue weighted by Crippen LogP contribution is 2.48. The van der Waals surface area contributed by atoms with E-state index in [1.54, 1.807) is 49.4 Å². The average Bonchev–Trinajstić information content (AvgIpc) is 3.56. The monoisotopic (exact) mass is 614 g/mol. The third-order valence-electron chi connectivity index (χ3n) is 7.70. The molecule has 1 unspecified atom stereocenters. The molecule has 0 bridgehead atoms. The second-order valence-electron chi connectivity index (χ2n) is 10.6. The Balaban J connectivity index is 1.37. The third-order valence-corrected chi connectivity index (χ3v) is 9.25. The van der Waals surface area contributed by atoms with Gasteiger partial charge in [0.05, 0.1) is 5.69 Å². The molecule has 0 amide bonds. The van der Waals surface area contributed by atoms with E-state index in [9.17, 15) is 24.8 Å². The summed E-state index contributed by atoms with van der Waals surface area (Å²) in [6.07, 6.45) is 1.13. The Hall–Kier alpha value is -3.57. The molecule has 1 aliphatic heterocycles. The molecule has 2 aromatic heterocycles. The van der Waals surface area contributed by atoms with E-state index < -0.39 is 50.3 Å². The van der Waals surface area contributed by atoms with Crippen LogP contribution in [0.25, 0.3) is 5.52 Å². The molecule has 1 saturated carbocycles. The van der Waals surface area contributed by atoms with Crippen molar-refractivity contribution >= 4 is 25.1 Å².